The highest BCUT2D eigenvalue weighted by molar-refractivity contribution is 5.82. The molecule has 0 aliphatic carbocycles. The average Bonchev–Trinajstić information content (AvgIpc) is 2.90. The minimum Gasteiger partial charge on any atom is -0.504 e. The van der Waals surface area contributed by atoms with Crippen LogP contribution in [0.25, 0.3) is 0 Å². The zero-order valence-corrected chi connectivity index (χ0v) is 11.7. The molecule has 0 radical (unpaired) electrons. The summed E-state index contributed by atoms with van der Waals surface area (Å²) in [4.78, 5) is 14.2. The van der Waals surface area contributed by atoms with Gasteiger partial charge in [-0.25, -0.2) is 0 Å². The molecule has 1 aromatic carbocycles. The van der Waals surface area contributed by atoms with Gasteiger partial charge in [-0.2, -0.15) is 0 Å². The first-order valence-electron chi connectivity index (χ1n) is 7.09. The van der Waals surface area contributed by atoms with E-state index in [9.17, 15) is 15.0 Å². The molecule has 1 saturated heterocycles. The van der Waals surface area contributed by atoms with Gasteiger partial charge in [0.25, 0.3) is 0 Å². The summed E-state index contributed by atoms with van der Waals surface area (Å²) in [5, 5.41) is 18.7. The highest BCUT2D eigenvalue weighted by Gasteiger charge is 2.30. The monoisotopic (exact) mass is 278 g/mol. The van der Waals surface area contributed by atoms with Crippen LogP contribution in [0.15, 0.2) is 18.2 Å². The fourth-order valence-electron chi connectivity index (χ4n) is 2.80. The first kappa shape index (κ1) is 14.7. The van der Waals surface area contributed by atoms with E-state index < -0.39 is 6.04 Å². The van der Waals surface area contributed by atoms with Crippen molar-refractivity contribution in [3.63, 3.8) is 0 Å². The Hall–Kier alpha value is -1.75. The number of likely N-dealkylation sites (tertiary alicyclic amines) is 1. The molecule has 110 valence electrons. The van der Waals surface area contributed by atoms with Gasteiger partial charge in [0.05, 0.1) is 6.04 Å². The van der Waals surface area contributed by atoms with Gasteiger partial charge in [0, 0.05) is 12.6 Å². The molecule has 5 heteroatoms. The number of aromatic hydroxyl groups is 2. The number of rotatable bonds is 4. The maximum absolute atomic E-state index is 12.4. The molecule has 1 fully saturated rings. The molecule has 0 aromatic heterocycles. The smallest absolute Gasteiger partial charge is 0.240 e. The van der Waals surface area contributed by atoms with Gasteiger partial charge in [-0.3, -0.25) is 4.79 Å². The number of phenols is 2. The van der Waals surface area contributed by atoms with Crippen molar-refractivity contribution in [1.82, 2.24) is 4.90 Å². The summed E-state index contributed by atoms with van der Waals surface area (Å²) in [5.74, 6) is -0.379. The van der Waals surface area contributed by atoms with E-state index in [0.29, 0.717) is 12.5 Å². The SMILES string of the molecule is CCC1CCCN1C(=O)[C@@H](N)Cc1ccc(O)c(O)c1. The van der Waals surface area contributed by atoms with E-state index in [0.717, 1.165) is 31.4 Å². The van der Waals surface area contributed by atoms with E-state index in [4.69, 9.17) is 5.73 Å². The topological polar surface area (TPSA) is 86.8 Å². The lowest BCUT2D eigenvalue weighted by molar-refractivity contribution is -0.133. The number of hydrogen-bond acceptors (Lipinski definition) is 4. The van der Waals surface area contributed by atoms with Gasteiger partial charge in [-0.15, -0.1) is 0 Å². The Morgan fingerprint density at radius 3 is 2.85 bits per heavy atom. The number of benzene rings is 1. The molecule has 20 heavy (non-hydrogen) atoms. The third kappa shape index (κ3) is 3.04. The minimum absolute atomic E-state index is 0.0260. The summed E-state index contributed by atoms with van der Waals surface area (Å²) >= 11 is 0. The summed E-state index contributed by atoms with van der Waals surface area (Å²) in [6.07, 6.45) is 3.41. The summed E-state index contributed by atoms with van der Waals surface area (Å²) in [5.41, 5.74) is 6.74. The Bertz CT molecular complexity index is 490. The van der Waals surface area contributed by atoms with Gasteiger partial charge in [0.2, 0.25) is 5.91 Å². The summed E-state index contributed by atoms with van der Waals surface area (Å²) < 4.78 is 0. The van der Waals surface area contributed by atoms with Crippen LogP contribution in [-0.4, -0.2) is 39.6 Å². The van der Waals surface area contributed by atoms with Gasteiger partial charge in [-0.05, 0) is 43.4 Å². The van der Waals surface area contributed by atoms with Crippen molar-refractivity contribution in [2.45, 2.75) is 44.7 Å². The fraction of sp³-hybridized carbons (Fsp3) is 0.533. The van der Waals surface area contributed by atoms with Crippen molar-refractivity contribution in [2.75, 3.05) is 6.54 Å². The third-order valence-electron chi connectivity index (χ3n) is 3.94. The highest BCUT2D eigenvalue weighted by atomic mass is 16.3. The Labute approximate surface area is 119 Å². The lowest BCUT2D eigenvalue weighted by Crippen LogP contribution is -2.46. The molecule has 0 bridgehead atoms. The molecule has 2 rings (SSSR count). The van der Waals surface area contributed by atoms with E-state index in [-0.39, 0.29) is 17.4 Å². The number of carbonyl (C=O) groups excluding carboxylic acids is 1. The molecule has 1 aromatic rings. The summed E-state index contributed by atoms with van der Waals surface area (Å²) in [6.45, 7) is 2.87. The normalized spacial score (nSPS) is 20.1. The van der Waals surface area contributed by atoms with Crippen LogP contribution in [0.4, 0.5) is 0 Å². The summed E-state index contributed by atoms with van der Waals surface area (Å²) in [7, 11) is 0. The van der Waals surface area contributed by atoms with Crippen LogP contribution in [0.2, 0.25) is 0 Å². The standard InChI is InChI=1S/C15H22N2O3/c1-2-11-4-3-7-17(11)15(20)12(16)8-10-5-6-13(18)14(19)9-10/h5-6,9,11-12,18-19H,2-4,7-8,16H2,1H3/t11?,12-/m0/s1. The van der Waals surface area contributed by atoms with Gasteiger partial charge in [0.1, 0.15) is 0 Å². The zero-order valence-electron chi connectivity index (χ0n) is 11.7. The lowest BCUT2D eigenvalue weighted by Gasteiger charge is -2.26. The van der Waals surface area contributed by atoms with Crippen LogP contribution >= 0.6 is 0 Å². The zero-order chi connectivity index (χ0) is 14.7. The molecule has 1 heterocycles. The van der Waals surface area contributed by atoms with Crippen LogP contribution in [0.1, 0.15) is 31.7 Å². The molecule has 0 saturated carbocycles. The molecule has 4 N–H and O–H groups in total. The van der Waals surface area contributed by atoms with E-state index in [1.165, 1.54) is 12.1 Å². The minimum atomic E-state index is -0.605. The maximum Gasteiger partial charge on any atom is 0.240 e. The van der Waals surface area contributed by atoms with Crippen molar-refractivity contribution in [3.8, 4) is 11.5 Å². The van der Waals surface area contributed by atoms with Crippen molar-refractivity contribution in [2.24, 2.45) is 5.73 Å². The highest BCUT2D eigenvalue weighted by Crippen LogP contribution is 2.26. The number of carbonyl (C=O) groups is 1. The second kappa shape index (κ2) is 6.13. The predicted octanol–water partition coefficient (Wildman–Crippen LogP) is 1.37. The molecular formula is C15H22N2O3. The fourth-order valence-corrected chi connectivity index (χ4v) is 2.80. The quantitative estimate of drug-likeness (QED) is 0.726. The second-order valence-electron chi connectivity index (χ2n) is 5.37. The number of nitrogens with two attached hydrogens (primary N) is 1. The number of nitrogens with zero attached hydrogens (tertiary/aromatic N) is 1. The Morgan fingerprint density at radius 1 is 1.45 bits per heavy atom. The van der Waals surface area contributed by atoms with Gasteiger partial charge < -0.3 is 20.8 Å². The van der Waals surface area contributed by atoms with Crippen LogP contribution in [0, 0.1) is 0 Å². The lowest BCUT2D eigenvalue weighted by atomic mass is 10.0. The van der Waals surface area contributed by atoms with Crippen LogP contribution < -0.4 is 5.73 Å². The van der Waals surface area contributed by atoms with Gasteiger partial charge in [0.15, 0.2) is 11.5 Å². The first-order chi connectivity index (χ1) is 9.52. The van der Waals surface area contributed by atoms with Crippen molar-refractivity contribution in [3.05, 3.63) is 23.8 Å². The molecule has 2 atom stereocenters. The molecule has 1 amide bonds. The van der Waals surface area contributed by atoms with E-state index in [2.05, 4.69) is 6.92 Å². The number of hydrogen-bond donors (Lipinski definition) is 3. The second-order valence-corrected chi connectivity index (χ2v) is 5.37. The third-order valence-corrected chi connectivity index (χ3v) is 3.94. The van der Waals surface area contributed by atoms with Gasteiger partial charge >= 0.3 is 0 Å². The average molecular weight is 278 g/mol. The Morgan fingerprint density at radius 2 is 2.20 bits per heavy atom. The molecule has 5 nitrogen and oxygen atoms in total. The first-order valence-corrected chi connectivity index (χ1v) is 7.09. The molecule has 1 unspecified atom stereocenters. The number of amides is 1. The Kier molecular flexibility index (Phi) is 4.49. The molecule has 1 aliphatic heterocycles. The largest absolute Gasteiger partial charge is 0.504 e. The van der Waals surface area contributed by atoms with Crippen molar-refractivity contribution in [1.29, 1.82) is 0 Å². The van der Waals surface area contributed by atoms with E-state index >= 15 is 0 Å². The van der Waals surface area contributed by atoms with Gasteiger partial charge in [-0.1, -0.05) is 13.0 Å². The molecule has 1 aliphatic rings. The van der Waals surface area contributed by atoms with E-state index in [1.54, 1.807) is 6.07 Å². The number of phenolic OH excluding ortho intramolecular Hbond substituents is 2. The van der Waals surface area contributed by atoms with E-state index in [1.807, 2.05) is 4.90 Å². The van der Waals surface area contributed by atoms with Crippen LogP contribution in [0.3, 0.4) is 0 Å². The molecular weight excluding hydrogens is 256 g/mol. The van der Waals surface area contributed by atoms with Crippen molar-refractivity contribution < 1.29 is 15.0 Å². The van der Waals surface area contributed by atoms with Crippen LogP contribution in [0.5, 0.6) is 11.5 Å². The maximum atomic E-state index is 12.4. The Balaban J connectivity index is 2.02. The molecule has 0 spiro atoms. The van der Waals surface area contributed by atoms with Crippen LogP contribution in [-0.2, 0) is 11.2 Å². The van der Waals surface area contributed by atoms with Crippen molar-refractivity contribution >= 4 is 5.91 Å². The predicted molar refractivity (Wildman–Crippen MR) is 76.5 cm³/mol. The summed E-state index contributed by atoms with van der Waals surface area (Å²) in [6, 6.07) is 4.23.